The highest BCUT2D eigenvalue weighted by Crippen LogP contribution is 2.51. The molecule has 0 radical (unpaired) electrons. The van der Waals surface area contributed by atoms with Gasteiger partial charge in [0.05, 0.1) is 26.9 Å². The minimum Gasteiger partial charge on any atom is -0.478 e. The van der Waals surface area contributed by atoms with Gasteiger partial charge in [0.1, 0.15) is 0 Å². The number of halogens is 8. The van der Waals surface area contributed by atoms with Crippen molar-refractivity contribution in [3.05, 3.63) is 68.2 Å². The first-order chi connectivity index (χ1) is 14.2. The van der Waals surface area contributed by atoms with Crippen LogP contribution in [0, 0.1) is 6.92 Å². The molecule has 12 heteroatoms. The second kappa shape index (κ2) is 7.59. The first-order valence-electron chi connectivity index (χ1n) is 8.40. The fraction of sp³-hybridized carbons (Fsp3) is 0.263. The highest BCUT2D eigenvalue weighted by atomic mass is 35.5. The van der Waals surface area contributed by atoms with Crippen LogP contribution >= 0.6 is 23.2 Å². The number of benzene rings is 2. The van der Waals surface area contributed by atoms with Crippen LogP contribution in [0.3, 0.4) is 0 Å². The zero-order valence-electron chi connectivity index (χ0n) is 15.3. The lowest BCUT2D eigenvalue weighted by Crippen LogP contribution is -2.42. The number of aryl methyl sites for hydroxylation is 1. The van der Waals surface area contributed by atoms with E-state index in [0.717, 1.165) is 0 Å². The normalized spacial score (nSPS) is 19.2. The van der Waals surface area contributed by atoms with E-state index in [-0.39, 0.29) is 22.4 Å². The Balaban J connectivity index is 2.07. The summed E-state index contributed by atoms with van der Waals surface area (Å²) in [6.45, 7) is 1.45. The average Bonchev–Trinajstić information content (AvgIpc) is 3.06. The van der Waals surface area contributed by atoms with E-state index in [0.29, 0.717) is 12.1 Å². The predicted octanol–water partition coefficient (Wildman–Crippen LogP) is 6.60. The molecule has 1 atom stereocenters. The Labute approximate surface area is 181 Å². The van der Waals surface area contributed by atoms with Crippen LogP contribution in [0.2, 0.25) is 10.0 Å². The van der Waals surface area contributed by atoms with Crippen molar-refractivity contribution in [3.8, 4) is 0 Å². The first kappa shape index (κ1) is 23.2. The van der Waals surface area contributed by atoms with E-state index in [1.165, 1.54) is 25.1 Å². The lowest BCUT2D eigenvalue weighted by Gasteiger charge is -2.30. The molecule has 31 heavy (non-hydrogen) atoms. The molecule has 0 saturated carbocycles. The quantitative estimate of drug-likeness (QED) is 0.498. The second-order valence-corrected chi connectivity index (χ2v) is 7.59. The third-order valence-electron chi connectivity index (χ3n) is 4.77. The topological polar surface area (TPSA) is 58.9 Å². The molecule has 1 unspecified atom stereocenters. The van der Waals surface area contributed by atoms with Gasteiger partial charge in [-0.15, -0.1) is 0 Å². The van der Waals surface area contributed by atoms with E-state index < -0.39 is 51.5 Å². The molecule has 0 fully saturated rings. The molecule has 166 valence electrons. The van der Waals surface area contributed by atoms with E-state index in [2.05, 4.69) is 5.16 Å². The second-order valence-electron chi connectivity index (χ2n) is 6.78. The summed E-state index contributed by atoms with van der Waals surface area (Å²) in [5.74, 6) is -1.22. The number of carboxylic acid groups (broad SMARTS) is 1. The standard InChI is InChI=1S/C19H11Cl2F6NO3/c1-8-4-9(2-3-11(8)16(29)30)14-7-17(31-28-14,19(25,26)27)10-5-12(20)15(13(21)6-10)18(22,23)24/h2-6H,7H2,1H3,(H,29,30). The van der Waals surface area contributed by atoms with E-state index in [9.17, 15) is 31.1 Å². The maximum absolute atomic E-state index is 14.1. The number of carboxylic acids is 1. The number of rotatable bonds is 3. The summed E-state index contributed by atoms with van der Waals surface area (Å²) in [5.41, 5.74) is -5.12. The molecule has 2 aromatic rings. The molecule has 3 rings (SSSR count). The highest BCUT2D eigenvalue weighted by molar-refractivity contribution is 6.36. The molecule has 1 N–H and O–H groups in total. The molecule has 0 aromatic heterocycles. The minimum atomic E-state index is -5.10. The monoisotopic (exact) mass is 485 g/mol. The number of aromatic carboxylic acids is 1. The summed E-state index contributed by atoms with van der Waals surface area (Å²) < 4.78 is 81.4. The number of alkyl halides is 6. The van der Waals surface area contributed by atoms with Crippen molar-refractivity contribution in [2.75, 3.05) is 0 Å². The third-order valence-corrected chi connectivity index (χ3v) is 5.36. The Morgan fingerprint density at radius 3 is 2.13 bits per heavy atom. The molecule has 1 aliphatic rings. The molecule has 0 spiro atoms. The Morgan fingerprint density at radius 2 is 1.68 bits per heavy atom. The lowest BCUT2D eigenvalue weighted by molar-refractivity contribution is -0.275. The van der Waals surface area contributed by atoms with Crippen molar-refractivity contribution in [2.45, 2.75) is 31.3 Å². The molecule has 1 heterocycles. The van der Waals surface area contributed by atoms with Gasteiger partial charge in [0, 0.05) is 12.0 Å². The smallest absolute Gasteiger partial charge is 0.435 e. The van der Waals surface area contributed by atoms with Crippen molar-refractivity contribution in [2.24, 2.45) is 5.16 Å². The van der Waals surface area contributed by atoms with Gasteiger partial charge >= 0.3 is 18.3 Å². The van der Waals surface area contributed by atoms with Crippen LogP contribution in [-0.4, -0.2) is 23.0 Å². The maximum atomic E-state index is 14.1. The van der Waals surface area contributed by atoms with Gasteiger partial charge in [0.2, 0.25) is 0 Å². The van der Waals surface area contributed by atoms with Gasteiger partial charge < -0.3 is 9.94 Å². The predicted molar refractivity (Wildman–Crippen MR) is 99.6 cm³/mol. The zero-order valence-corrected chi connectivity index (χ0v) is 16.8. The van der Waals surface area contributed by atoms with Gasteiger partial charge in [-0.25, -0.2) is 4.79 Å². The molecule has 1 aliphatic heterocycles. The van der Waals surface area contributed by atoms with Crippen LogP contribution in [0.5, 0.6) is 0 Å². The Morgan fingerprint density at radius 1 is 1.10 bits per heavy atom. The van der Waals surface area contributed by atoms with E-state index >= 15 is 0 Å². The average molecular weight is 486 g/mol. The Kier molecular flexibility index (Phi) is 5.69. The first-order valence-corrected chi connectivity index (χ1v) is 9.16. The number of carbonyl (C=O) groups is 1. The summed E-state index contributed by atoms with van der Waals surface area (Å²) in [6, 6.07) is 4.79. The molecular formula is C19H11Cl2F6NO3. The minimum absolute atomic E-state index is 0.0494. The highest BCUT2D eigenvalue weighted by Gasteiger charge is 2.62. The summed E-state index contributed by atoms with van der Waals surface area (Å²) in [4.78, 5) is 15.9. The number of oxime groups is 1. The lowest BCUT2D eigenvalue weighted by atomic mass is 9.85. The Bertz CT molecular complexity index is 1070. The molecule has 0 bridgehead atoms. The Hall–Kier alpha value is -2.46. The largest absolute Gasteiger partial charge is 0.478 e. The molecular weight excluding hydrogens is 475 g/mol. The summed E-state index contributed by atoms with van der Waals surface area (Å²) >= 11 is 11.2. The van der Waals surface area contributed by atoms with Crippen molar-refractivity contribution in [1.29, 1.82) is 0 Å². The third kappa shape index (κ3) is 4.06. The zero-order chi connectivity index (χ0) is 23.4. The SMILES string of the molecule is Cc1cc(C2=NOC(c3cc(Cl)c(C(F)(F)F)c(Cl)c3)(C(F)(F)F)C2)ccc1C(=O)O. The molecule has 0 amide bonds. The summed E-state index contributed by atoms with van der Waals surface area (Å²) in [7, 11) is 0. The van der Waals surface area contributed by atoms with Crippen LogP contribution in [0.4, 0.5) is 26.3 Å². The van der Waals surface area contributed by atoms with E-state index in [1.807, 2.05) is 0 Å². The van der Waals surface area contributed by atoms with Crippen molar-refractivity contribution < 1.29 is 41.1 Å². The van der Waals surface area contributed by atoms with Crippen molar-refractivity contribution in [3.63, 3.8) is 0 Å². The fourth-order valence-electron chi connectivity index (χ4n) is 3.22. The maximum Gasteiger partial charge on any atom is 0.435 e. The van der Waals surface area contributed by atoms with Crippen LogP contribution in [0.1, 0.15) is 39.0 Å². The van der Waals surface area contributed by atoms with Gasteiger partial charge in [0.15, 0.2) is 0 Å². The summed E-state index contributed by atoms with van der Waals surface area (Å²) in [5, 5.41) is 10.5. The van der Waals surface area contributed by atoms with Crippen LogP contribution in [-0.2, 0) is 16.6 Å². The van der Waals surface area contributed by atoms with E-state index in [4.69, 9.17) is 33.1 Å². The van der Waals surface area contributed by atoms with E-state index in [1.54, 1.807) is 0 Å². The number of hydrogen-bond donors (Lipinski definition) is 1. The van der Waals surface area contributed by atoms with Gasteiger partial charge in [-0.1, -0.05) is 34.4 Å². The van der Waals surface area contributed by atoms with Crippen LogP contribution < -0.4 is 0 Å². The fourth-order valence-corrected chi connectivity index (χ4v) is 3.92. The van der Waals surface area contributed by atoms with Gasteiger partial charge in [-0.05, 0) is 42.3 Å². The molecule has 2 aromatic carbocycles. The number of hydrogen-bond acceptors (Lipinski definition) is 3. The van der Waals surface area contributed by atoms with Crippen molar-refractivity contribution >= 4 is 34.9 Å². The summed E-state index contributed by atoms with van der Waals surface area (Å²) in [6.07, 6.45) is -11.0. The molecule has 0 aliphatic carbocycles. The van der Waals surface area contributed by atoms with Gasteiger partial charge in [-0.3, -0.25) is 0 Å². The molecule has 0 saturated heterocycles. The van der Waals surface area contributed by atoms with Gasteiger partial charge in [0.25, 0.3) is 5.60 Å². The van der Waals surface area contributed by atoms with Crippen molar-refractivity contribution in [1.82, 2.24) is 0 Å². The number of nitrogens with zero attached hydrogens (tertiary/aromatic N) is 1. The van der Waals surface area contributed by atoms with Crippen LogP contribution in [0.15, 0.2) is 35.5 Å². The van der Waals surface area contributed by atoms with Crippen LogP contribution in [0.25, 0.3) is 0 Å². The molecule has 4 nitrogen and oxygen atoms in total. The van der Waals surface area contributed by atoms with Gasteiger partial charge in [-0.2, -0.15) is 26.3 Å².